The van der Waals surface area contributed by atoms with Crippen molar-refractivity contribution < 1.29 is 14.6 Å². The molecule has 0 aliphatic rings. The second-order valence-corrected chi connectivity index (χ2v) is 4.95. The molecule has 2 rings (SSSR count). The molecule has 0 radical (unpaired) electrons. The number of ether oxygens (including phenoxy) is 1. The third-order valence-electron chi connectivity index (χ3n) is 3.54. The summed E-state index contributed by atoms with van der Waals surface area (Å²) in [5.41, 5.74) is 2.04. The van der Waals surface area contributed by atoms with Gasteiger partial charge in [-0.3, -0.25) is 9.78 Å². The predicted octanol–water partition coefficient (Wildman–Crippen LogP) is 2.97. The van der Waals surface area contributed by atoms with Gasteiger partial charge in [0.2, 0.25) is 0 Å². The highest BCUT2D eigenvalue weighted by Gasteiger charge is 2.19. The first kappa shape index (κ1) is 15.0. The second kappa shape index (κ2) is 7.43. The van der Waals surface area contributed by atoms with Crippen molar-refractivity contribution in [3.63, 3.8) is 0 Å². The Hall–Kier alpha value is -2.36. The molecule has 2 aromatic rings. The lowest BCUT2D eigenvalue weighted by Gasteiger charge is -2.14. The summed E-state index contributed by atoms with van der Waals surface area (Å²) in [5, 5.41) is 9.42. The molecular weight excluding hydrogens is 266 g/mol. The zero-order chi connectivity index (χ0) is 15.1. The van der Waals surface area contributed by atoms with E-state index in [-0.39, 0.29) is 0 Å². The average Bonchev–Trinajstić information content (AvgIpc) is 2.52. The number of nitrogens with zero attached hydrogens (tertiary/aromatic N) is 1. The highest BCUT2D eigenvalue weighted by Crippen LogP contribution is 2.23. The Labute approximate surface area is 124 Å². The van der Waals surface area contributed by atoms with Crippen LogP contribution in [0.3, 0.4) is 0 Å². The van der Waals surface area contributed by atoms with E-state index in [1.807, 2.05) is 36.4 Å². The van der Waals surface area contributed by atoms with Gasteiger partial charge in [0.25, 0.3) is 0 Å². The molecule has 110 valence electrons. The van der Waals surface area contributed by atoms with Crippen LogP contribution in [0, 0.1) is 5.92 Å². The summed E-state index contributed by atoms with van der Waals surface area (Å²) in [4.78, 5) is 15.4. The summed E-state index contributed by atoms with van der Waals surface area (Å²) in [5.74, 6) is -0.447. The first-order valence-electron chi connectivity index (χ1n) is 6.94. The fourth-order valence-corrected chi connectivity index (χ4v) is 2.34. The van der Waals surface area contributed by atoms with Crippen molar-refractivity contribution in [1.82, 2.24) is 4.98 Å². The molecule has 0 saturated heterocycles. The van der Waals surface area contributed by atoms with E-state index < -0.39 is 11.9 Å². The van der Waals surface area contributed by atoms with Gasteiger partial charge in [-0.05, 0) is 48.6 Å². The van der Waals surface area contributed by atoms with Gasteiger partial charge in [0.15, 0.2) is 0 Å². The fourth-order valence-electron chi connectivity index (χ4n) is 2.34. The number of carboxylic acid groups (broad SMARTS) is 1. The van der Waals surface area contributed by atoms with E-state index in [1.54, 1.807) is 19.5 Å². The van der Waals surface area contributed by atoms with Gasteiger partial charge >= 0.3 is 5.97 Å². The predicted molar refractivity (Wildman–Crippen MR) is 80.4 cm³/mol. The Morgan fingerprint density at radius 3 is 2.62 bits per heavy atom. The SMILES string of the molecule is COc1ccccc1CC(CCc1ccncc1)C(=O)O. The molecule has 1 heterocycles. The van der Waals surface area contributed by atoms with Gasteiger partial charge in [0.05, 0.1) is 13.0 Å². The van der Waals surface area contributed by atoms with Crippen molar-refractivity contribution in [1.29, 1.82) is 0 Å². The number of hydrogen-bond acceptors (Lipinski definition) is 3. The van der Waals surface area contributed by atoms with E-state index in [1.165, 1.54) is 0 Å². The van der Waals surface area contributed by atoms with Crippen molar-refractivity contribution >= 4 is 5.97 Å². The Kier molecular flexibility index (Phi) is 5.32. The highest BCUT2D eigenvalue weighted by molar-refractivity contribution is 5.70. The molecule has 0 aliphatic heterocycles. The van der Waals surface area contributed by atoms with E-state index in [0.29, 0.717) is 12.8 Å². The maximum absolute atomic E-state index is 11.5. The number of pyridine rings is 1. The van der Waals surface area contributed by atoms with Gasteiger partial charge in [-0.1, -0.05) is 18.2 Å². The Bertz CT molecular complexity index is 584. The zero-order valence-corrected chi connectivity index (χ0v) is 12.0. The monoisotopic (exact) mass is 285 g/mol. The topological polar surface area (TPSA) is 59.4 Å². The summed E-state index contributed by atoms with van der Waals surface area (Å²) < 4.78 is 5.29. The van der Waals surface area contributed by atoms with Crippen LogP contribution in [0.2, 0.25) is 0 Å². The van der Waals surface area contributed by atoms with Crippen LogP contribution in [0.15, 0.2) is 48.8 Å². The third-order valence-corrected chi connectivity index (χ3v) is 3.54. The molecular formula is C17H19NO3. The van der Waals surface area contributed by atoms with Gasteiger partial charge < -0.3 is 9.84 Å². The van der Waals surface area contributed by atoms with Crippen LogP contribution in [-0.4, -0.2) is 23.2 Å². The molecule has 0 saturated carbocycles. The summed E-state index contributed by atoms with van der Waals surface area (Å²) in [7, 11) is 1.60. The van der Waals surface area contributed by atoms with Gasteiger partial charge in [-0.25, -0.2) is 0 Å². The Morgan fingerprint density at radius 1 is 1.24 bits per heavy atom. The molecule has 0 amide bonds. The van der Waals surface area contributed by atoms with Crippen molar-refractivity contribution in [2.75, 3.05) is 7.11 Å². The molecule has 0 spiro atoms. The van der Waals surface area contributed by atoms with Crippen LogP contribution in [-0.2, 0) is 17.6 Å². The number of aromatic nitrogens is 1. The van der Waals surface area contributed by atoms with Crippen LogP contribution in [0.25, 0.3) is 0 Å². The number of methoxy groups -OCH3 is 1. The minimum absolute atomic E-state index is 0.422. The number of rotatable bonds is 7. The maximum Gasteiger partial charge on any atom is 0.306 e. The lowest BCUT2D eigenvalue weighted by atomic mass is 9.93. The van der Waals surface area contributed by atoms with E-state index in [0.717, 1.165) is 23.3 Å². The molecule has 1 unspecified atom stereocenters. The standard InChI is InChI=1S/C17H19NO3/c1-21-16-5-3-2-4-14(16)12-15(17(19)20)7-6-13-8-10-18-11-9-13/h2-5,8-11,15H,6-7,12H2,1H3,(H,19,20). The van der Waals surface area contributed by atoms with E-state index in [4.69, 9.17) is 4.74 Å². The molecule has 1 aromatic heterocycles. The fraction of sp³-hybridized carbons (Fsp3) is 0.294. The minimum Gasteiger partial charge on any atom is -0.496 e. The zero-order valence-electron chi connectivity index (χ0n) is 12.0. The van der Waals surface area contributed by atoms with Gasteiger partial charge in [0, 0.05) is 12.4 Å². The van der Waals surface area contributed by atoms with Gasteiger partial charge in [0.1, 0.15) is 5.75 Å². The lowest BCUT2D eigenvalue weighted by Crippen LogP contribution is -2.17. The molecule has 0 fully saturated rings. The quantitative estimate of drug-likeness (QED) is 0.849. The molecule has 0 aliphatic carbocycles. The van der Waals surface area contributed by atoms with Crippen LogP contribution in [0.4, 0.5) is 0 Å². The summed E-state index contributed by atoms with van der Waals surface area (Å²) in [6.07, 6.45) is 5.26. The summed E-state index contributed by atoms with van der Waals surface area (Å²) >= 11 is 0. The van der Waals surface area contributed by atoms with Crippen LogP contribution >= 0.6 is 0 Å². The summed E-state index contributed by atoms with van der Waals surface area (Å²) in [6.45, 7) is 0. The number of carbonyl (C=O) groups is 1. The Balaban J connectivity index is 2.04. The van der Waals surface area contributed by atoms with Crippen molar-refractivity contribution in [3.05, 3.63) is 59.9 Å². The van der Waals surface area contributed by atoms with E-state index in [2.05, 4.69) is 4.98 Å². The normalized spacial score (nSPS) is 11.9. The number of hydrogen-bond donors (Lipinski definition) is 1. The number of benzene rings is 1. The minimum atomic E-state index is -0.769. The second-order valence-electron chi connectivity index (χ2n) is 4.95. The lowest BCUT2D eigenvalue weighted by molar-refractivity contribution is -0.141. The van der Waals surface area contributed by atoms with Crippen molar-refractivity contribution in [2.45, 2.75) is 19.3 Å². The molecule has 4 heteroatoms. The first-order chi connectivity index (χ1) is 10.2. The first-order valence-corrected chi connectivity index (χ1v) is 6.94. The van der Waals surface area contributed by atoms with Gasteiger partial charge in [-0.15, -0.1) is 0 Å². The number of carboxylic acids is 1. The number of aryl methyl sites for hydroxylation is 1. The molecule has 21 heavy (non-hydrogen) atoms. The number of para-hydroxylation sites is 1. The smallest absolute Gasteiger partial charge is 0.306 e. The largest absolute Gasteiger partial charge is 0.496 e. The summed E-state index contributed by atoms with van der Waals surface area (Å²) in [6, 6.07) is 11.4. The molecule has 1 N–H and O–H groups in total. The van der Waals surface area contributed by atoms with E-state index >= 15 is 0 Å². The highest BCUT2D eigenvalue weighted by atomic mass is 16.5. The third kappa shape index (κ3) is 4.31. The molecule has 0 bridgehead atoms. The van der Waals surface area contributed by atoms with E-state index in [9.17, 15) is 9.90 Å². The van der Waals surface area contributed by atoms with Crippen molar-refractivity contribution in [2.24, 2.45) is 5.92 Å². The average molecular weight is 285 g/mol. The van der Waals surface area contributed by atoms with Gasteiger partial charge in [-0.2, -0.15) is 0 Å². The van der Waals surface area contributed by atoms with Crippen molar-refractivity contribution in [3.8, 4) is 5.75 Å². The maximum atomic E-state index is 11.5. The van der Waals surface area contributed by atoms with Crippen LogP contribution < -0.4 is 4.74 Å². The van der Waals surface area contributed by atoms with Crippen LogP contribution in [0.1, 0.15) is 17.5 Å². The number of aliphatic carboxylic acids is 1. The Morgan fingerprint density at radius 2 is 1.95 bits per heavy atom. The molecule has 1 aromatic carbocycles. The molecule has 1 atom stereocenters. The molecule has 4 nitrogen and oxygen atoms in total. The van der Waals surface area contributed by atoms with Crippen LogP contribution in [0.5, 0.6) is 5.75 Å².